The summed E-state index contributed by atoms with van der Waals surface area (Å²) in [6.45, 7) is 3.39. The van der Waals surface area contributed by atoms with Crippen LogP contribution < -0.4 is 10.1 Å². The predicted octanol–water partition coefficient (Wildman–Crippen LogP) is 2.75. The molecule has 0 saturated carbocycles. The highest BCUT2D eigenvalue weighted by Crippen LogP contribution is 2.14. The predicted molar refractivity (Wildman–Crippen MR) is 76.3 cm³/mol. The Balaban J connectivity index is 1.95. The van der Waals surface area contributed by atoms with Crippen molar-refractivity contribution in [1.82, 2.24) is 9.97 Å². The summed E-state index contributed by atoms with van der Waals surface area (Å²) in [4.78, 5) is 8.05. The van der Waals surface area contributed by atoms with Crippen LogP contribution in [-0.4, -0.2) is 16.6 Å². The number of rotatable bonds is 6. The lowest BCUT2D eigenvalue weighted by atomic mass is 10.2. The second-order valence-electron chi connectivity index (χ2n) is 4.21. The van der Waals surface area contributed by atoms with Gasteiger partial charge in [-0.1, -0.05) is 19.1 Å². The molecule has 0 aliphatic carbocycles. The first-order valence-electron chi connectivity index (χ1n) is 6.50. The third-order valence-electron chi connectivity index (χ3n) is 2.66. The molecule has 0 aliphatic heterocycles. The Morgan fingerprint density at radius 1 is 1.20 bits per heavy atom. The van der Waals surface area contributed by atoms with Gasteiger partial charge in [-0.3, -0.25) is 0 Å². The van der Waals surface area contributed by atoms with E-state index in [1.54, 1.807) is 6.20 Å². The van der Waals surface area contributed by atoms with Crippen molar-refractivity contribution in [3.8, 4) is 11.8 Å². The second-order valence-corrected chi connectivity index (χ2v) is 4.21. The van der Waals surface area contributed by atoms with Gasteiger partial charge in [0.1, 0.15) is 11.8 Å². The average molecular weight is 268 g/mol. The van der Waals surface area contributed by atoms with E-state index in [1.165, 1.54) is 6.20 Å². The first-order valence-corrected chi connectivity index (χ1v) is 6.50. The van der Waals surface area contributed by atoms with Crippen LogP contribution in [0.1, 0.15) is 24.6 Å². The Morgan fingerprint density at radius 3 is 2.65 bits per heavy atom. The Hall–Kier alpha value is -2.61. The first-order chi connectivity index (χ1) is 9.83. The number of nitriles is 1. The van der Waals surface area contributed by atoms with Crippen molar-refractivity contribution >= 4 is 5.82 Å². The van der Waals surface area contributed by atoms with Crippen LogP contribution in [0.3, 0.4) is 0 Å². The maximum absolute atomic E-state index is 8.93. The number of hydrogen-bond donors (Lipinski definition) is 1. The maximum atomic E-state index is 8.93. The highest BCUT2D eigenvalue weighted by molar-refractivity contribution is 5.47. The van der Waals surface area contributed by atoms with Gasteiger partial charge < -0.3 is 10.1 Å². The number of nitrogens with one attached hydrogen (secondary N) is 1. The Labute approximate surface area is 118 Å². The number of hydrogen-bond acceptors (Lipinski definition) is 5. The van der Waals surface area contributed by atoms with Gasteiger partial charge in [0, 0.05) is 18.9 Å². The van der Waals surface area contributed by atoms with E-state index in [0.29, 0.717) is 18.1 Å². The molecule has 0 fully saturated rings. The SMILES string of the molecule is CCCOc1ccc(CNc2nccnc2C#N)cc1. The smallest absolute Gasteiger partial charge is 0.182 e. The van der Waals surface area contributed by atoms with Gasteiger partial charge in [-0.25, -0.2) is 9.97 Å². The van der Waals surface area contributed by atoms with Crippen LogP contribution in [0.5, 0.6) is 5.75 Å². The minimum atomic E-state index is 0.301. The van der Waals surface area contributed by atoms with E-state index in [2.05, 4.69) is 22.2 Å². The average Bonchev–Trinajstić information content (AvgIpc) is 2.52. The molecule has 5 heteroatoms. The molecule has 0 spiro atoms. The molecule has 0 unspecified atom stereocenters. The van der Waals surface area contributed by atoms with E-state index >= 15 is 0 Å². The molecular weight excluding hydrogens is 252 g/mol. The van der Waals surface area contributed by atoms with Gasteiger partial charge in [-0.15, -0.1) is 0 Å². The molecule has 20 heavy (non-hydrogen) atoms. The molecule has 2 aromatic rings. The van der Waals surface area contributed by atoms with Crippen molar-refractivity contribution in [2.24, 2.45) is 0 Å². The molecule has 1 heterocycles. The molecule has 0 saturated heterocycles. The van der Waals surface area contributed by atoms with Crippen molar-refractivity contribution in [2.75, 3.05) is 11.9 Å². The Morgan fingerprint density at radius 2 is 1.95 bits per heavy atom. The van der Waals surface area contributed by atoms with Crippen LogP contribution in [0.25, 0.3) is 0 Å². The monoisotopic (exact) mass is 268 g/mol. The zero-order valence-electron chi connectivity index (χ0n) is 11.3. The van der Waals surface area contributed by atoms with Crippen LogP contribution in [0, 0.1) is 11.3 Å². The van der Waals surface area contributed by atoms with E-state index in [1.807, 2.05) is 30.3 Å². The lowest BCUT2D eigenvalue weighted by Gasteiger charge is -2.08. The molecule has 1 aromatic carbocycles. The van der Waals surface area contributed by atoms with E-state index in [0.717, 1.165) is 24.3 Å². The van der Waals surface area contributed by atoms with Gasteiger partial charge in [0.25, 0.3) is 0 Å². The van der Waals surface area contributed by atoms with E-state index in [4.69, 9.17) is 10.00 Å². The standard InChI is InChI=1S/C15H16N4O/c1-2-9-20-13-5-3-12(4-6-13)11-19-15-14(10-16)17-7-8-18-15/h3-8H,2,9,11H2,1H3,(H,18,19). The first kappa shape index (κ1) is 13.8. The summed E-state index contributed by atoms with van der Waals surface area (Å²) in [5, 5.41) is 12.0. The van der Waals surface area contributed by atoms with Crippen molar-refractivity contribution in [1.29, 1.82) is 5.26 Å². The van der Waals surface area contributed by atoms with Gasteiger partial charge in [0.2, 0.25) is 0 Å². The molecule has 1 N–H and O–H groups in total. The Kier molecular flexibility index (Phi) is 4.90. The van der Waals surface area contributed by atoms with Crippen molar-refractivity contribution in [3.63, 3.8) is 0 Å². The fourth-order valence-electron chi connectivity index (χ4n) is 1.66. The van der Waals surface area contributed by atoms with Crippen LogP contribution in [0.4, 0.5) is 5.82 Å². The third kappa shape index (κ3) is 3.69. The zero-order chi connectivity index (χ0) is 14.2. The highest BCUT2D eigenvalue weighted by Gasteiger charge is 2.03. The molecule has 0 atom stereocenters. The quantitative estimate of drug-likeness (QED) is 0.872. The van der Waals surface area contributed by atoms with Crippen molar-refractivity contribution < 1.29 is 4.74 Å². The molecule has 102 valence electrons. The summed E-state index contributed by atoms with van der Waals surface area (Å²) in [7, 11) is 0. The molecule has 0 radical (unpaired) electrons. The van der Waals surface area contributed by atoms with Gasteiger partial charge in [-0.05, 0) is 24.1 Å². The molecule has 0 amide bonds. The number of nitrogens with zero attached hydrogens (tertiary/aromatic N) is 3. The molecule has 5 nitrogen and oxygen atoms in total. The third-order valence-corrected chi connectivity index (χ3v) is 2.66. The summed E-state index contributed by atoms with van der Waals surface area (Å²) in [6, 6.07) is 9.86. The minimum absolute atomic E-state index is 0.301. The van der Waals surface area contributed by atoms with Crippen molar-refractivity contribution in [2.45, 2.75) is 19.9 Å². The van der Waals surface area contributed by atoms with Gasteiger partial charge >= 0.3 is 0 Å². The lowest BCUT2D eigenvalue weighted by Crippen LogP contribution is -2.04. The lowest BCUT2D eigenvalue weighted by molar-refractivity contribution is 0.317. The van der Waals surface area contributed by atoms with Crippen LogP contribution in [0.2, 0.25) is 0 Å². The zero-order valence-corrected chi connectivity index (χ0v) is 11.3. The number of aromatic nitrogens is 2. The largest absolute Gasteiger partial charge is 0.494 e. The highest BCUT2D eigenvalue weighted by atomic mass is 16.5. The minimum Gasteiger partial charge on any atom is -0.494 e. The molecule has 0 aliphatic rings. The fourth-order valence-corrected chi connectivity index (χ4v) is 1.66. The summed E-state index contributed by atoms with van der Waals surface area (Å²) in [6.07, 6.45) is 4.06. The summed E-state index contributed by atoms with van der Waals surface area (Å²) in [5.74, 6) is 1.37. The second kappa shape index (κ2) is 7.10. The van der Waals surface area contributed by atoms with Crippen LogP contribution in [0.15, 0.2) is 36.7 Å². The summed E-state index contributed by atoms with van der Waals surface area (Å²) < 4.78 is 5.52. The molecular formula is C15H16N4O. The van der Waals surface area contributed by atoms with Gasteiger partial charge in [0.15, 0.2) is 11.5 Å². The Bertz CT molecular complexity index is 590. The van der Waals surface area contributed by atoms with Crippen molar-refractivity contribution in [3.05, 3.63) is 47.9 Å². The van der Waals surface area contributed by atoms with Crippen LogP contribution in [-0.2, 0) is 6.54 Å². The topological polar surface area (TPSA) is 70.8 Å². The van der Waals surface area contributed by atoms with E-state index in [-0.39, 0.29) is 0 Å². The number of benzene rings is 1. The van der Waals surface area contributed by atoms with Crippen LogP contribution >= 0.6 is 0 Å². The fraction of sp³-hybridized carbons (Fsp3) is 0.267. The van der Waals surface area contributed by atoms with E-state index < -0.39 is 0 Å². The normalized spacial score (nSPS) is 9.80. The van der Waals surface area contributed by atoms with Gasteiger partial charge in [0.05, 0.1) is 6.61 Å². The molecule has 2 rings (SSSR count). The van der Waals surface area contributed by atoms with Gasteiger partial charge in [-0.2, -0.15) is 5.26 Å². The summed E-state index contributed by atoms with van der Waals surface area (Å²) >= 11 is 0. The number of anilines is 1. The molecule has 1 aromatic heterocycles. The maximum Gasteiger partial charge on any atom is 0.182 e. The number of ether oxygens (including phenoxy) is 1. The van der Waals surface area contributed by atoms with E-state index in [9.17, 15) is 0 Å². The summed E-state index contributed by atoms with van der Waals surface area (Å²) in [5.41, 5.74) is 1.39. The molecule has 0 bridgehead atoms.